The Morgan fingerprint density at radius 1 is 1.29 bits per heavy atom. The Hall–Kier alpha value is -0.623. The predicted octanol–water partition coefficient (Wildman–Crippen LogP) is -0.625. The van der Waals surface area contributed by atoms with Crippen LogP contribution in [-0.2, 0) is 7.05 Å². The van der Waals surface area contributed by atoms with Crippen LogP contribution in [0.4, 0.5) is 0 Å². The van der Waals surface area contributed by atoms with Gasteiger partial charge in [0.15, 0.2) is 0 Å². The van der Waals surface area contributed by atoms with Gasteiger partial charge in [-0.25, -0.2) is 0 Å². The fourth-order valence-corrected chi connectivity index (χ4v) is 1.80. The molecule has 0 bridgehead atoms. The zero-order chi connectivity index (χ0) is 9.10. The Morgan fingerprint density at radius 2 is 2.00 bits per heavy atom. The molecule has 0 saturated carbocycles. The van der Waals surface area contributed by atoms with Crippen LogP contribution >= 0.6 is 11.8 Å². The minimum atomic E-state index is 0. The van der Waals surface area contributed by atoms with E-state index in [9.17, 15) is 0 Å². The van der Waals surface area contributed by atoms with Crippen molar-refractivity contribution in [2.75, 3.05) is 0 Å². The zero-order valence-corrected chi connectivity index (χ0v) is 9.08. The van der Waals surface area contributed by atoms with E-state index in [4.69, 9.17) is 0 Å². The van der Waals surface area contributed by atoms with Crippen molar-refractivity contribution in [2.45, 2.75) is 10.1 Å². The van der Waals surface area contributed by atoms with Gasteiger partial charge >= 0.3 is 18.9 Å². The summed E-state index contributed by atoms with van der Waals surface area (Å²) in [4.78, 5) is 5.38. The molecule has 2 rings (SSSR count). The van der Waals surface area contributed by atoms with Gasteiger partial charge in [-0.05, 0) is 24.1 Å². The second-order valence-corrected chi connectivity index (χ2v) is 3.68. The van der Waals surface area contributed by atoms with Crippen LogP contribution in [0.3, 0.4) is 0 Å². The summed E-state index contributed by atoms with van der Waals surface area (Å²) < 4.78 is 1.89. The van der Waals surface area contributed by atoms with Crippen LogP contribution in [0.25, 0.3) is 0 Å². The Balaban J connectivity index is 0.000000980. The van der Waals surface area contributed by atoms with Gasteiger partial charge in [-0.15, -0.1) is 0 Å². The summed E-state index contributed by atoms with van der Waals surface area (Å²) in [6.07, 6.45) is 4.66. The summed E-state index contributed by atoms with van der Waals surface area (Å²) in [5.41, 5.74) is 0. The summed E-state index contributed by atoms with van der Waals surface area (Å²) >= 11 is 1.64. The Labute approximate surface area is 99.9 Å². The third-order valence-corrected chi connectivity index (χ3v) is 2.74. The number of nitrogens with zero attached hydrogens (tertiary/aromatic N) is 2. The molecule has 4 heteroatoms. The third kappa shape index (κ3) is 2.68. The standard InChI is InChI=1S/C10H9N2S.Li/c1-12-8-7-11-10(12)13-9-5-3-2-4-6-9;/h2-7H,1H3;/q-1;+1. The number of aromatic nitrogens is 2. The largest absolute Gasteiger partial charge is 1.00 e. The molecular weight excluding hydrogens is 187 g/mol. The molecule has 0 aliphatic rings. The normalized spacial score (nSPS) is 9.50. The number of rotatable bonds is 2. The first-order valence-corrected chi connectivity index (χ1v) is 4.80. The first kappa shape index (κ1) is 11.5. The molecule has 0 radical (unpaired) electrons. The van der Waals surface area contributed by atoms with Crippen molar-refractivity contribution in [1.82, 2.24) is 9.55 Å². The maximum atomic E-state index is 4.18. The molecule has 1 aromatic heterocycles. The Morgan fingerprint density at radius 3 is 2.57 bits per heavy atom. The fraction of sp³-hybridized carbons (Fsp3) is 0.100. The predicted molar refractivity (Wildman–Crippen MR) is 52.6 cm³/mol. The number of aryl methyl sites for hydroxylation is 1. The topological polar surface area (TPSA) is 17.8 Å². The molecule has 0 unspecified atom stereocenters. The average molecular weight is 196 g/mol. The van der Waals surface area contributed by atoms with Gasteiger partial charge in [0.05, 0.1) is 0 Å². The van der Waals surface area contributed by atoms with Crippen LogP contribution in [0.1, 0.15) is 0 Å². The van der Waals surface area contributed by atoms with Crippen molar-refractivity contribution >= 4 is 11.8 Å². The van der Waals surface area contributed by atoms with Crippen molar-refractivity contribution < 1.29 is 18.9 Å². The van der Waals surface area contributed by atoms with E-state index in [1.807, 2.05) is 29.8 Å². The van der Waals surface area contributed by atoms with Gasteiger partial charge in [-0.3, -0.25) is 0 Å². The van der Waals surface area contributed by atoms with Crippen LogP contribution in [0, 0.1) is 6.20 Å². The summed E-state index contributed by atoms with van der Waals surface area (Å²) in [5.74, 6) is 0. The van der Waals surface area contributed by atoms with Gasteiger partial charge in [-0.1, -0.05) is 24.4 Å². The van der Waals surface area contributed by atoms with Crippen molar-refractivity contribution in [2.24, 2.45) is 7.05 Å². The number of hydrogen-bond donors (Lipinski definition) is 0. The maximum Gasteiger partial charge on any atom is 1.00 e. The molecule has 1 heterocycles. The van der Waals surface area contributed by atoms with Crippen LogP contribution in [-0.4, -0.2) is 9.55 Å². The van der Waals surface area contributed by atoms with Gasteiger partial charge in [0.1, 0.15) is 0 Å². The molecule has 0 aliphatic heterocycles. The molecule has 66 valence electrons. The number of imidazole rings is 1. The van der Waals surface area contributed by atoms with Crippen molar-refractivity contribution in [1.29, 1.82) is 0 Å². The Kier molecular flexibility index (Phi) is 4.34. The summed E-state index contributed by atoms with van der Waals surface area (Å²) in [6.45, 7) is 0. The third-order valence-electron chi connectivity index (χ3n) is 1.67. The van der Waals surface area contributed by atoms with E-state index >= 15 is 0 Å². The summed E-state index contributed by atoms with van der Waals surface area (Å²) in [6, 6.07) is 10.2. The molecule has 2 nitrogen and oxygen atoms in total. The SMILES string of the molecule is Cn1[c-]cnc1Sc1ccccc1.[Li+]. The molecule has 0 N–H and O–H groups in total. The van der Waals surface area contributed by atoms with E-state index in [2.05, 4.69) is 23.3 Å². The molecule has 0 amide bonds. The van der Waals surface area contributed by atoms with Crippen LogP contribution in [0.2, 0.25) is 0 Å². The average Bonchev–Trinajstić information content (AvgIpc) is 2.54. The summed E-state index contributed by atoms with van der Waals surface area (Å²) in [7, 11) is 1.94. The Bertz CT molecular complexity index is 386. The van der Waals surface area contributed by atoms with Gasteiger partial charge in [-0.2, -0.15) is 18.0 Å². The monoisotopic (exact) mass is 196 g/mol. The molecule has 2 aromatic rings. The second kappa shape index (κ2) is 5.31. The molecule has 14 heavy (non-hydrogen) atoms. The van der Waals surface area contributed by atoms with E-state index in [1.165, 1.54) is 4.90 Å². The number of benzene rings is 1. The minimum absolute atomic E-state index is 0. The van der Waals surface area contributed by atoms with E-state index in [0.717, 1.165) is 5.16 Å². The van der Waals surface area contributed by atoms with Crippen molar-refractivity contribution in [3.8, 4) is 0 Å². The van der Waals surface area contributed by atoms with Gasteiger partial charge < -0.3 is 9.55 Å². The molecule has 0 atom stereocenters. The summed E-state index contributed by atoms with van der Waals surface area (Å²) in [5, 5.41) is 0.964. The molecule has 0 saturated heterocycles. The van der Waals surface area contributed by atoms with Gasteiger partial charge in [0.2, 0.25) is 0 Å². The molecule has 0 fully saturated rings. The number of hydrogen-bond acceptors (Lipinski definition) is 2. The molecule has 0 aliphatic carbocycles. The zero-order valence-electron chi connectivity index (χ0n) is 8.27. The quantitative estimate of drug-likeness (QED) is 0.470. The molecular formula is C10H9LiN2S. The first-order chi connectivity index (χ1) is 6.36. The second-order valence-electron chi connectivity index (χ2n) is 2.64. The van der Waals surface area contributed by atoms with Crippen molar-refractivity contribution in [3.05, 3.63) is 42.7 Å². The first-order valence-electron chi connectivity index (χ1n) is 3.98. The molecule has 0 spiro atoms. The van der Waals surface area contributed by atoms with E-state index in [1.54, 1.807) is 18.0 Å². The van der Waals surface area contributed by atoms with E-state index in [-0.39, 0.29) is 18.9 Å². The van der Waals surface area contributed by atoms with Crippen LogP contribution < -0.4 is 18.9 Å². The van der Waals surface area contributed by atoms with Crippen LogP contribution in [0.5, 0.6) is 0 Å². The van der Waals surface area contributed by atoms with Gasteiger partial charge in [0, 0.05) is 5.16 Å². The molecule has 1 aromatic carbocycles. The maximum absolute atomic E-state index is 4.18. The fourth-order valence-electron chi connectivity index (χ4n) is 1.00. The smallest absolute Gasteiger partial charge is 0.492 e. The van der Waals surface area contributed by atoms with Crippen molar-refractivity contribution in [3.63, 3.8) is 0 Å². The minimum Gasteiger partial charge on any atom is -0.492 e. The van der Waals surface area contributed by atoms with E-state index < -0.39 is 0 Å². The van der Waals surface area contributed by atoms with Gasteiger partial charge in [0.25, 0.3) is 0 Å². The van der Waals surface area contributed by atoms with Crippen LogP contribution in [0.15, 0.2) is 46.6 Å². The van der Waals surface area contributed by atoms with E-state index in [0.29, 0.717) is 0 Å².